The lowest BCUT2D eigenvalue weighted by molar-refractivity contribution is -0.161. The van der Waals surface area contributed by atoms with Crippen LogP contribution in [0.2, 0.25) is 0 Å². The first-order valence-electron chi connectivity index (χ1n) is 7.11. The van der Waals surface area contributed by atoms with Gasteiger partial charge >= 0.3 is 0 Å². The van der Waals surface area contributed by atoms with Gasteiger partial charge in [0.25, 0.3) is 0 Å². The Kier molecular flexibility index (Phi) is 2.97. The minimum absolute atomic E-state index is 0.0381. The van der Waals surface area contributed by atoms with Crippen molar-refractivity contribution in [1.29, 1.82) is 0 Å². The zero-order chi connectivity index (χ0) is 11.0. The maximum Gasteiger partial charge on any atom is 0.0686 e. The molecule has 92 valence electrons. The second-order valence-electron chi connectivity index (χ2n) is 6.17. The van der Waals surface area contributed by atoms with Gasteiger partial charge in [0.2, 0.25) is 0 Å². The molecule has 2 heteroatoms. The molecule has 0 aromatic rings. The Morgan fingerprint density at radius 3 is 2.38 bits per heavy atom. The Balaban J connectivity index is 1.60. The summed E-state index contributed by atoms with van der Waals surface area (Å²) in [5.41, 5.74) is 0.197. The number of aliphatic hydroxyl groups excluding tert-OH is 1. The highest BCUT2D eigenvalue weighted by Crippen LogP contribution is 2.46. The smallest absolute Gasteiger partial charge is 0.0686 e. The summed E-state index contributed by atoms with van der Waals surface area (Å²) in [5.74, 6) is 1.12. The van der Waals surface area contributed by atoms with Gasteiger partial charge in [-0.15, -0.1) is 0 Å². The molecule has 2 nitrogen and oxygen atoms in total. The first-order valence-corrected chi connectivity index (χ1v) is 7.11. The Bertz CT molecular complexity index is 241. The van der Waals surface area contributed by atoms with E-state index >= 15 is 0 Å². The van der Waals surface area contributed by atoms with Gasteiger partial charge in [-0.25, -0.2) is 0 Å². The van der Waals surface area contributed by atoms with Gasteiger partial charge in [-0.05, 0) is 56.8 Å². The van der Waals surface area contributed by atoms with Crippen LogP contribution in [-0.4, -0.2) is 23.4 Å². The van der Waals surface area contributed by atoms with Crippen LogP contribution in [0.15, 0.2) is 0 Å². The topological polar surface area (TPSA) is 29.5 Å². The molecule has 0 bridgehead atoms. The van der Waals surface area contributed by atoms with Crippen molar-refractivity contribution in [3.63, 3.8) is 0 Å². The third-order valence-electron chi connectivity index (χ3n) is 5.16. The number of aliphatic hydroxyl groups is 1. The van der Waals surface area contributed by atoms with Crippen LogP contribution in [0.4, 0.5) is 0 Å². The maximum absolute atomic E-state index is 10.5. The van der Waals surface area contributed by atoms with E-state index in [4.69, 9.17) is 4.74 Å². The van der Waals surface area contributed by atoms with Crippen molar-refractivity contribution in [3.8, 4) is 0 Å². The fourth-order valence-corrected chi connectivity index (χ4v) is 3.96. The van der Waals surface area contributed by atoms with E-state index in [0.29, 0.717) is 11.8 Å². The Morgan fingerprint density at radius 2 is 1.75 bits per heavy atom. The summed E-state index contributed by atoms with van der Waals surface area (Å²) in [6, 6.07) is 0. The lowest BCUT2D eigenvalue weighted by Gasteiger charge is -2.48. The predicted octanol–water partition coefficient (Wildman–Crippen LogP) is 2.89. The molecule has 2 saturated carbocycles. The van der Waals surface area contributed by atoms with Crippen molar-refractivity contribution in [2.24, 2.45) is 11.8 Å². The molecule has 0 aromatic heterocycles. The maximum atomic E-state index is 10.5. The third-order valence-corrected chi connectivity index (χ3v) is 5.16. The molecule has 2 unspecified atom stereocenters. The predicted molar refractivity (Wildman–Crippen MR) is 63.2 cm³/mol. The van der Waals surface area contributed by atoms with Gasteiger partial charge < -0.3 is 9.84 Å². The molecular weight excluding hydrogens is 200 g/mol. The molecule has 3 aliphatic rings. The Hall–Kier alpha value is -0.0800. The molecule has 1 saturated heterocycles. The Morgan fingerprint density at radius 1 is 1.00 bits per heavy atom. The van der Waals surface area contributed by atoms with Crippen LogP contribution in [0.25, 0.3) is 0 Å². The van der Waals surface area contributed by atoms with E-state index in [9.17, 15) is 5.11 Å². The summed E-state index contributed by atoms with van der Waals surface area (Å²) in [6.45, 7) is 0.883. The van der Waals surface area contributed by atoms with E-state index in [-0.39, 0.29) is 11.7 Å². The van der Waals surface area contributed by atoms with Gasteiger partial charge in [-0.1, -0.05) is 12.8 Å². The second-order valence-corrected chi connectivity index (χ2v) is 6.17. The molecule has 2 atom stereocenters. The minimum atomic E-state index is -0.0381. The number of hydrogen-bond donors (Lipinski definition) is 1. The van der Waals surface area contributed by atoms with Crippen LogP contribution < -0.4 is 0 Å². The van der Waals surface area contributed by atoms with Crippen molar-refractivity contribution in [3.05, 3.63) is 0 Å². The summed E-state index contributed by atoms with van der Waals surface area (Å²) in [7, 11) is 0. The Labute approximate surface area is 98.4 Å². The highest BCUT2D eigenvalue weighted by Gasteiger charge is 2.45. The van der Waals surface area contributed by atoms with E-state index in [2.05, 4.69) is 0 Å². The van der Waals surface area contributed by atoms with E-state index in [0.717, 1.165) is 19.4 Å². The van der Waals surface area contributed by atoms with Crippen molar-refractivity contribution in [2.45, 2.75) is 69.5 Å². The highest BCUT2D eigenvalue weighted by atomic mass is 16.5. The lowest BCUT2D eigenvalue weighted by Crippen LogP contribution is -2.48. The standard InChI is InChI=1S/C14H24O2/c15-13(11-4-1-2-5-11)12-6-9-16-14(10-12)7-3-8-14/h11-13,15H,1-10H2. The molecule has 0 radical (unpaired) electrons. The van der Waals surface area contributed by atoms with Crippen LogP contribution in [0, 0.1) is 11.8 Å². The highest BCUT2D eigenvalue weighted by molar-refractivity contribution is 4.96. The molecule has 16 heavy (non-hydrogen) atoms. The molecule has 1 spiro atoms. The first-order chi connectivity index (χ1) is 7.79. The average Bonchev–Trinajstić information content (AvgIpc) is 2.79. The van der Waals surface area contributed by atoms with Crippen LogP contribution in [0.1, 0.15) is 57.8 Å². The van der Waals surface area contributed by atoms with Crippen LogP contribution in [0.5, 0.6) is 0 Å². The quantitative estimate of drug-likeness (QED) is 0.781. The average molecular weight is 224 g/mol. The zero-order valence-electron chi connectivity index (χ0n) is 10.2. The largest absolute Gasteiger partial charge is 0.393 e. The number of ether oxygens (including phenoxy) is 1. The van der Waals surface area contributed by atoms with Gasteiger partial charge in [0, 0.05) is 6.61 Å². The fraction of sp³-hybridized carbons (Fsp3) is 1.00. The monoisotopic (exact) mass is 224 g/mol. The van der Waals surface area contributed by atoms with Crippen LogP contribution in [-0.2, 0) is 4.74 Å². The van der Waals surface area contributed by atoms with Gasteiger partial charge in [0.1, 0.15) is 0 Å². The molecule has 1 heterocycles. The van der Waals surface area contributed by atoms with E-state index < -0.39 is 0 Å². The molecule has 2 aliphatic carbocycles. The van der Waals surface area contributed by atoms with Crippen molar-refractivity contribution < 1.29 is 9.84 Å². The van der Waals surface area contributed by atoms with Gasteiger partial charge in [0.05, 0.1) is 11.7 Å². The van der Waals surface area contributed by atoms with Crippen molar-refractivity contribution in [1.82, 2.24) is 0 Å². The third kappa shape index (κ3) is 1.91. The summed E-state index contributed by atoms with van der Waals surface area (Å²) in [5, 5.41) is 10.5. The molecule has 1 aliphatic heterocycles. The SMILES string of the molecule is OC(C1CCCC1)C1CCOC2(CCC2)C1. The zero-order valence-corrected chi connectivity index (χ0v) is 10.2. The molecule has 1 N–H and O–H groups in total. The van der Waals surface area contributed by atoms with Gasteiger partial charge in [0.15, 0.2) is 0 Å². The van der Waals surface area contributed by atoms with Crippen LogP contribution in [0.3, 0.4) is 0 Å². The number of hydrogen-bond acceptors (Lipinski definition) is 2. The minimum Gasteiger partial charge on any atom is -0.393 e. The molecule has 0 amide bonds. The molecule has 3 fully saturated rings. The normalized spacial score (nSPS) is 36.2. The second kappa shape index (κ2) is 4.30. The first kappa shape index (κ1) is 11.0. The molecular formula is C14H24O2. The van der Waals surface area contributed by atoms with Crippen molar-refractivity contribution in [2.75, 3.05) is 6.61 Å². The van der Waals surface area contributed by atoms with E-state index in [1.54, 1.807) is 0 Å². The van der Waals surface area contributed by atoms with Crippen LogP contribution >= 0.6 is 0 Å². The lowest BCUT2D eigenvalue weighted by atomic mass is 9.69. The fourth-order valence-electron chi connectivity index (χ4n) is 3.96. The summed E-state index contributed by atoms with van der Waals surface area (Å²) in [6.07, 6.45) is 11.1. The van der Waals surface area contributed by atoms with Gasteiger partial charge in [-0.2, -0.15) is 0 Å². The van der Waals surface area contributed by atoms with E-state index in [1.807, 2.05) is 0 Å². The van der Waals surface area contributed by atoms with E-state index in [1.165, 1.54) is 44.9 Å². The summed E-state index contributed by atoms with van der Waals surface area (Å²) >= 11 is 0. The van der Waals surface area contributed by atoms with Crippen molar-refractivity contribution >= 4 is 0 Å². The molecule has 3 rings (SSSR count). The molecule has 0 aromatic carbocycles. The number of rotatable bonds is 2. The summed E-state index contributed by atoms with van der Waals surface area (Å²) in [4.78, 5) is 0. The van der Waals surface area contributed by atoms with Gasteiger partial charge in [-0.3, -0.25) is 0 Å². The summed E-state index contributed by atoms with van der Waals surface area (Å²) < 4.78 is 5.93.